The predicted molar refractivity (Wildman–Crippen MR) is 91.9 cm³/mol. The number of hydrogen-bond donors (Lipinski definition) is 1. The number of rotatable bonds is 2. The zero-order chi connectivity index (χ0) is 16.2. The number of pyridine rings is 1. The van der Waals surface area contributed by atoms with Crippen molar-refractivity contribution >= 4 is 12.2 Å². The Balaban J connectivity index is 2.43. The van der Waals surface area contributed by atoms with Crippen molar-refractivity contribution in [2.45, 2.75) is 0 Å². The van der Waals surface area contributed by atoms with Gasteiger partial charge < -0.3 is 4.98 Å². The Labute approximate surface area is 139 Å². The first-order valence-electron chi connectivity index (χ1n) is 6.97. The number of hydrogen-bond acceptors (Lipinski definition) is 3. The highest BCUT2D eigenvalue weighted by Gasteiger charge is 2.18. The van der Waals surface area contributed by atoms with Crippen LogP contribution in [0.1, 0.15) is 11.1 Å². The molecular weight excluding hydrogens is 302 g/mol. The van der Waals surface area contributed by atoms with Crippen molar-refractivity contribution in [2.24, 2.45) is 0 Å². The van der Waals surface area contributed by atoms with Crippen LogP contribution in [-0.2, 0) is 0 Å². The van der Waals surface area contributed by atoms with Gasteiger partial charge in [0.1, 0.15) is 16.8 Å². The summed E-state index contributed by atoms with van der Waals surface area (Å²) in [4.78, 5) is 3.04. The molecule has 0 aliphatic carbocycles. The van der Waals surface area contributed by atoms with Crippen molar-refractivity contribution in [1.29, 1.82) is 10.5 Å². The summed E-state index contributed by atoms with van der Waals surface area (Å²) in [6, 6.07) is 23.3. The number of nitrogens with one attached hydrogen (secondary N) is 1. The molecule has 0 saturated carbocycles. The molecule has 1 N–H and O–H groups in total. The summed E-state index contributed by atoms with van der Waals surface area (Å²) in [5.41, 5.74) is 3.62. The normalized spacial score (nSPS) is 9.83. The quantitative estimate of drug-likeness (QED) is 0.690. The van der Waals surface area contributed by atoms with E-state index in [0.29, 0.717) is 27.0 Å². The maximum absolute atomic E-state index is 9.72. The lowest BCUT2D eigenvalue weighted by molar-refractivity contribution is 1.25. The highest BCUT2D eigenvalue weighted by atomic mass is 32.1. The average Bonchev–Trinajstić information content (AvgIpc) is 2.62. The molecule has 0 amide bonds. The van der Waals surface area contributed by atoms with Crippen molar-refractivity contribution in [3.8, 4) is 34.5 Å². The highest BCUT2D eigenvalue weighted by molar-refractivity contribution is 7.71. The topological polar surface area (TPSA) is 63.4 Å². The third-order valence-electron chi connectivity index (χ3n) is 3.56. The molecule has 108 valence electrons. The molecule has 0 aliphatic rings. The Bertz CT molecular complexity index is 991. The molecule has 3 nitrogen and oxygen atoms in total. The molecule has 0 bridgehead atoms. The van der Waals surface area contributed by atoms with E-state index in [0.717, 1.165) is 11.1 Å². The van der Waals surface area contributed by atoms with Crippen molar-refractivity contribution < 1.29 is 0 Å². The van der Waals surface area contributed by atoms with E-state index >= 15 is 0 Å². The monoisotopic (exact) mass is 313 g/mol. The van der Waals surface area contributed by atoms with Crippen molar-refractivity contribution in [1.82, 2.24) is 4.98 Å². The number of H-pyrrole nitrogens is 1. The van der Waals surface area contributed by atoms with Gasteiger partial charge in [-0.3, -0.25) is 0 Å². The van der Waals surface area contributed by atoms with Gasteiger partial charge in [-0.25, -0.2) is 0 Å². The predicted octanol–water partition coefficient (Wildman–Crippen LogP) is 4.82. The van der Waals surface area contributed by atoms with E-state index in [1.54, 1.807) is 0 Å². The molecular formula is C19H11N3S. The number of nitrogens with zero attached hydrogens (tertiary/aromatic N) is 2. The lowest BCUT2D eigenvalue weighted by atomic mass is 9.93. The standard InChI is InChI=1S/C19H11N3S/c20-11-15-17(13-7-3-1-4-8-13)16(12-21)19(23)22-18(15)14-9-5-2-6-10-14/h1-10H,(H,22,23). The summed E-state index contributed by atoms with van der Waals surface area (Å²) in [7, 11) is 0. The zero-order valence-electron chi connectivity index (χ0n) is 12.1. The van der Waals surface area contributed by atoms with E-state index in [1.165, 1.54) is 0 Å². The fourth-order valence-electron chi connectivity index (χ4n) is 2.54. The third kappa shape index (κ3) is 2.64. The van der Waals surface area contributed by atoms with E-state index in [4.69, 9.17) is 12.2 Å². The van der Waals surface area contributed by atoms with Gasteiger partial charge in [-0.15, -0.1) is 0 Å². The van der Waals surface area contributed by atoms with Crippen LogP contribution in [0.5, 0.6) is 0 Å². The molecule has 1 aromatic heterocycles. The second-order valence-corrected chi connectivity index (χ2v) is 5.32. The minimum Gasteiger partial charge on any atom is -0.344 e. The van der Waals surface area contributed by atoms with Crippen molar-refractivity contribution in [3.63, 3.8) is 0 Å². The van der Waals surface area contributed by atoms with Crippen LogP contribution in [0.2, 0.25) is 0 Å². The zero-order valence-corrected chi connectivity index (χ0v) is 12.9. The second-order valence-electron chi connectivity index (χ2n) is 4.91. The Kier molecular flexibility index (Phi) is 4.01. The SMILES string of the molecule is N#Cc1c(-c2ccccc2)[nH]c(=S)c(C#N)c1-c1ccccc1. The van der Waals surface area contributed by atoms with E-state index in [9.17, 15) is 10.5 Å². The highest BCUT2D eigenvalue weighted by Crippen LogP contribution is 2.33. The van der Waals surface area contributed by atoms with Gasteiger partial charge in [0.25, 0.3) is 0 Å². The number of nitriles is 2. The van der Waals surface area contributed by atoms with Gasteiger partial charge in [0, 0.05) is 5.56 Å². The number of aromatic nitrogens is 1. The van der Waals surface area contributed by atoms with E-state index in [-0.39, 0.29) is 0 Å². The van der Waals surface area contributed by atoms with Gasteiger partial charge in [-0.2, -0.15) is 10.5 Å². The number of benzene rings is 2. The van der Waals surface area contributed by atoms with Crippen LogP contribution < -0.4 is 0 Å². The Morgan fingerprint density at radius 3 is 1.78 bits per heavy atom. The Morgan fingerprint density at radius 2 is 1.26 bits per heavy atom. The molecule has 3 aromatic rings. The summed E-state index contributed by atoms with van der Waals surface area (Å²) in [5.74, 6) is 0. The summed E-state index contributed by atoms with van der Waals surface area (Å²) in [6.07, 6.45) is 0. The van der Waals surface area contributed by atoms with Gasteiger partial charge in [0.2, 0.25) is 0 Å². The lowest BCUT2D eigenvalue weighted by Gasteiger charge is -2.12. The molecule has 3 rings (SSSR count). The smallest absolute Gasteiger partial charge is 0.122 e. The van der Waals surface area contributed by atoms with Gasteiger partial charge in [-0.1, -0.05) is 72.9 Å². The van der Waals surface area contributed by atoms with E-state index in [1.807, 2.05) is 60.7 Å². The maximum Gasteiger partial charge on any atom is 0.122 e. The molecule has 4 heteroatoms. The average molecular weight is 313 g/mol. The molecule has 2 aromatic carbocycles. The van der Waals surface area contributed by atoms with Gasteiger partial charge >= 0.3 is 0 Å². The third-order valence-corrected chi connectivity index (χ3v) is 3.87. The Morgan fingerprint density at radius 1 is 0.739 bits per heavy atom. The fourth-order valence-corrected chi connectivity index (χ4v) is 2.79. The molecule has 1 heterocycles. The van der Waals surface area contributed by atoms with Crippen LogP contribution in [0.25, 0.3) is 22.4 Å². The summed E-state index contributed by atoms with van der Waals surface area (Å²) >= 11 is 5.35. The Hall–Kier alpha value is -3.21. The van der Waals surface area contributed by atoms with E-state index < -0.39 is 0 Å². The minimum absolute atomic E-state index is 0.322. The number of aromatic amines is 1. The second kappa shape index (κ2) is 6.27. The van der Waals surface area contributed by atoms with Crippen molar-refractivity contribution in [3.05, 3.63) is 76.4 Å². The van der Waals surface area contributed by atoms with Crippen LogP contribution in [0.15, 0.2) is 60.7 Å². The van der Waals surface area contributed by atoms with Crippen LogP contribution in [0, 0.1) is 27.3 Å². The molecule has 0 spiro atoms. The molecule has 0 saturated heterocycles. The molecule has 0 unspecified atom stereocenters. The first-order chi connectivity index (χ1) is 11.3. The minimum atomic E-state index is 0.322. The fraction of sp³-hybridized carbons (Fsp3) is 0. The molecule has 0 radical (unpaired) electrons. The van der Waals surface area contributed by atoms with E-state index in [2.05, 4.69) is 17.1 Å². The van der Waals surface area contributed by atoms with Crippen molar-refractivity contribution in [2.75, 3.05) is 0 Å². The largest absolute Gasteiger partial charge is 0.344 e. The van der Waals surface area contributed by atoms with Gasteiger partial charge in [0.15, 0.2) is 0 Å². The molecule has 23 heavy (non-hydrogen) atoms. The lowest BCUT2D eigenvalue weighted by Crippen LogP contribution is -1.99. The molecule has 0 fully saturated rings. The first kappa shape index (κ1) is 14.7. The summed E-state index contributed by atoms with van der Waals surface area (Å²) in [5, 5.41) is 19.2. The first-order valence-corrected chi connectivity index (χ1v) is 7.38. The van der Waals surface area contributed by atoms with Crippen LogP contribution in [0.4, 0.5) is 0 Å². The van der Waals surface area contributed by atoms with Crippen LogP contribution >= 0.6 is 12.2 Å². The van der Waals surface area contributed by atoms with Crippen LogP contribution in [-0.4, -0.2) is 4.98 Å². The van der Waals surface area contributed by atoms with Crippen LogP contribution in [0.3, 0.4) is 0 Å². The summed E-state index contributed by atoms with van der Waals surface area (Å²) < 4.78 is 0.337. The molecule has 0 atom stereocenters. The summed E-state index contributed by atoms with van der Waals surface area (Å²) in [6.45, 7) is 0. The van der Waals surface area contributed by atoms with Gasteiger partial charge in [0.05, 0.1) is 16.8 Å². The molecule has 0 aliphatic heterocycles. The maximum atomic E-state index is 9.72. The van der Waals surface area contributed by atoms with Gasteiger partial charge in [-0.05, 0) is 11.1 Å².